The fourth-order valence-electron chi connectivity index (χ4n) is 2.20. The number of carbonyl (C=O) groups excluding carboxylic acids is 2. The molecule has 4 unspecified atom stereocenters. The van der Waals surface area contributed by atoms with E-state index in [-0.39, 0.29) is 5.90 Å². The van der Waals surface area contributed by atoms with Gasteiger partial charge in [0.2, 0.25) is 5.91 Å². The van der Waals surface area contributed by atoms with E-state index in [1.54, 1.807) is 30.3 Å². The van der Waals surface area contributed by atoms with Crippen LogP contribution in [0.15, 0.2) is 35.5 Å². The van der Waals surface area contributed by atoms with Gasteiger partial charge in [0, 0.05) is 12.6 Å². The number of para-hydroxylation sites is 1. The van der Waals surface area contributed by atoms with Crippen molar-refractivity contribution in [3.63, 3.8) is 0 Å². The minimum absolute atomic E-state index is 0.352. The average Bonchev–Trinajstić information content (AvgIpc) is 2.59. The lowest BCUT2D eigenvalue weighted by Gasteiger charge is -2.37. The molecule has 1 aliphatic rings. The smallest absolute Gasteiger partial charge is 0.437 e. The Morgan fingerprint density at radius 2 is 1.92 bits per heavy atom. The Morgan fingerprint density at radius 1 is 1.24 bits per heavy atom. The zero-order valence-electron chi connectivity index (χ0n) is 13.3. The maximum absolute atomic E-state index is 11.7. The minimum atomic E-state index is -1.51. The molecular formula is C15H19N3O7. The number of aliphatic hydroxyl groups excluding tert-OH is 3. The van der Waals surface area contributed by atoms with Crippen LogP contribution in [0.2, 0.25) is 0 Å². The number of hydrogen-bond acceptors (Lipinski definition) is 8. The molecule has 0 radical (unpaired) electrons. The summed E-state index contributed by atoms with van der Waals surface area (Å²) in [5, 5.41) is 37.3. The van der Waals surface area contributed by atoms with Gasteiger partial charge >= 0.3 is 6.09 Å². The number of nitrogens with zero attached hydrogens (tertiary/aromatic N) is 1. The number of nitrogens with one attached hydrogen (secondary N) is 2. The molecule has 1 fully saturated rings. The molecule has 2 amide bonds. The van der Waals surface area contributed by atoms with Gasteiger partial charge in [0.15, 0.2) is 6.10 Å². The number of aliphatic hydroxyl groups is 3. The van der Waals surface area contributed by atoms with Crippen LogP contribution in [-0.4, -0.2) is 64.2 Å². The third-order valence-corrected chi connectivity index (χ3v) is 3.39. The number of benzene rings is 1. The molecule has 1 saturated heterocycles. The summed E-state index contributed by atoms with van der Waals surface area (Å²) in [7, 11) is 0. The van der Waals surface area contributed by atoms with Gasteiger partial charge in [0.05, 0.1) is 6.61 Å². The van der Waals surface area contributed by atoms with E-state index < -0.39 is 43.0 Å². The summed E-state index contributed by atoms with van der Waals surface area (Å²) in [6, 6.07) is 7.22. The Kier molecular flexibility index (Phi) is 6.28. The van der Waals surface area contributed by atoms with Gasteiger partial charge in [-0.1, -0.05) is 18.2 Å². The zero-order chi connectivity index (χ0) is 18.4. The molecule has 136 valence electrons. The van der Waals surface area contributed by atoms with Gasteiger partial charge in [-0.2, -0.15) is 0 Å². The quantitative estimate of drug-likeness (QED) is 0.350. The first-order valence-corrected chi connectivity index (χ1v) is 7.44. The highest BCUT2D eigenvalue weighted by atomic mass is 16.7. The van der Waals surface area contributed by atoms with Gasteiger partial charge < -0.3 is 25.4 Å². The van der Waals surface area contributed by atoms with Gasteiger partial charge in [-0.05, 0) is 17.3 Å². The Labute approximate surface area is 143 Å². The van der Waals surface area contributed by atoms with Gasteiger partial charge in [-0.15, -0.1) is 0 Å². The predicted molar refractivity (Wildman–Crippen MR) is 85.6 cm³/mol. The molecule has 10 heteroatoms. The largest absolute Gasteiger partial charge is 0.468 e. The van der Waals surface area contributed by atoms with Crippen molar-refractivity contribution in [2.45, 2.75) is 31.3 Å². The first-order chi connectivity index (χ1) is 11.9. The van der Waals surface area contributed by atoms with Gasteiger partial charge in [0.25, 0.3) is 5.90 Å². The van der Waals surface area contributed by atoms with Crippen molar-refractivity contribution < 1.29 is 34.5 Å². The highest BCUT2D eigenvalue weighted by Gasteiger charge is 2.44. The number of rotatable bonds is 4. The van der Waals surface area contributed by atoms with E-state index in [0.29, 0.717) is 5.69 Å². The second-order valence-corrected chi connectivity index (χ2v) is 5.30. The Bertz CT molecular complexity index is 637. The molecule has 0 aromatic heterocycles. The third-order valence-electron chi connectivity index (χ3n) is 3.39. The van der Waals surface area contributed by atoms with E-state index >= 15 is 0 Å². The normalized spacial score (nSPS) is 27.3. The molecule has 1 aromatic rings. The van der Waals surface area contributed by atoms with E-state index in [1.807, 2.05) is 0 Å². The van der Waals surface area contributed by atoms with Crippen LogP contribution in [0.4, 0.5) is 10.5 Å². The predicted octanol–water partition coefficient (Wildman–Crippen LogP) is -0.834. The Hall–Kier alpha value is -2.69. The van der Waals surface area contributed by atoms with Crippen LogP contribution in [0, 0.1) is 0 Å². The first-order valence-electron chi connectivity index (χ1n) is 7.44. The summed E-state index contributed by atoms with van der Waals surface area (Å²) in [5.41, 5.74) is 0.472. The minimum Gasteiger partial charge on any atom is -0.468 e. The van der Waals surface area contributed by atoms with Crippen molar-refractivity contribution in [1.29, 1.82) is 0 Å². The molecule has 5 N–H and O–H groups in total. The van der Waals surface area contributed by atoms with Crippen LogP contribution in [0.3, 0.4) is 0 Å². The molecule has 25 heavy (non-hydrogen) atoms. The molecule has 1 heterocycles. The molecule has 0 bridgehead atoms. The van der Waals surface area contributed by atoms with Crippen LogP contribution in [0.1, 0.15) is 6.92 Å². The van der Waals surface area contributed by atoms with Crippen molar-refractivity contribution in [2.24, 2.45) is 5.16 Å². The third kappa shape index (κ3) is 4.89. The van der Waals surface area contributed by atoms with Crippen molar-refractivity contribution in [1.82, 2.24) is 5.32 Å². The summed E-state index contributed by atoms with van der Waals surface area (Å²) in [6.45, 7) is 0.581. The van der Waals surface area contributed by atoms with Crippen LogP contribution in [-0.2, 0) is 14.4 Å². The molecule has 4 atom stereocenters. The molecule has 1 aliphatic heterocycles. The molecule has 2 rings (SSSR count). The summed E-state index contributed by atoms with van der Waals surface area (Å²) >= 11 is 0. The van der Waals surface area contributed by atoms with Gasteiger partial charge in [-0.25, -0.2) is 4.79 Å². The van der Waals surface area contributed by atoms with Crippen molar-refractivity contribution in [3.8, 4) is 0 Å². The van der Waals surface area contributed by atoms with E-state index in [2.05, 4.69) is 20.6 Å². The number of oxime groups is 1. The SMILES string of the molecule is CC(=O)NC1/C(=N/OC(=O)Nc2ccccc2)OC(CO)C(O)C1O. The fraction of sp³-hybridized carbons (Fsp3) is 0.400. The second-order valence-electron chi connectivity index (χ2n) is 5.30. The lowest BCUT2D eigenvalue weighted by Crippen LogP contribution is -2.62. The molecule has 0 aliphatic carbocycles. The van der Waals surface area contributed by atoms with Crippen molar-refractivity contribution in [3.05, 3.63) is 30.3 Å². The molecule has 1 aromatic carbocycles. The standard InChI is InChI=1S/C15H19N3O7/c1-8(20)16-11-13(22)12(21)10(7-19)24-14(11)18-25-15(23)17-9-5-3-2-4-6-9/h2-6,10-13,19,21-22H,7H2,1H3,(H,16,20)(H,17,23)/b18-14-. The second kappa shape index (κ2) is 8.42. The van der Waals surface area contributed by atoms with Crippen LogP contribution in [0.5, 0.6) is 0 Å². The lowest BCUT2D eigenvalue weighted by molar-refractivity contribution is -0.126. The average molecular weight is 353 g/mol. The van der Waals surface area contributed by atoms with Gasteiger partial charge in [-0.3, -0.25) is 14.9 Å². The fourth-order valence-corrected chi connectivity index (χ4v) is 2.20. The highest BCUT2D eigenvalue weighted by Crippen LogP contribution is 2.18. The topological polar surface area (TPSA) is 150 Å². The highest BCUT2D eigenvalue weighted by molar-refractivity contribution is 5.89. The molecule has 0 spiro atoms. The number of ether oxygens (including phenoxy) is 1. The van der Waals surface area contributed by atoms with E-state index in [4.69, 9.17) is 4.74 Å². The van der Waals surface area contributed by atoms with E-state index in [9.17, 15) is 24.9 Å². The van der Waals surface area contributed by atoms with Crippen molar-refractivity contribution in [2.75, 3.05) is 11.9 Å². The number of hydrogen-bond donors (Lipinski definition) is 5. The molecule has 10 nitrogen and oxygen atoms in total. The molecular weight excluding hydrogens is 334 g/mol. The summed E-state index contributed by atoms with van der Waals surface area (Å²) in [6.07, 6.45) is -5.07. The van der Waals surface area contributed by atoms with E-state index in [1.165, 1.54) is 6.92 Å². The van der Waals surface area contributed by atoms with Gasteiger partial charge in [0.1, 0.15) is 18.2 Å². The number of anilines is 1. The summed E-state index contributed by atoms with van der Waals surface area (Å²) < 4.78 is 5.20. The summed E-state index contributed by atoms with van der Waals surface area (Å²) in [4.78, 5) is 27.7. The van der Waals surface area contributed by atoms with Crippen molar-refractivity contribution >= 4 is 23.6 Å². The lowest BCUT2D eigenvalue weighted by atomic mass is 9.97. The molecule has 0 saturated carbocycles. The first kappa shape index (κ1) is 18.6. The summed E-state index contributed by atoms with van der Waals surface area (Å²) in [5.74, 6) is -0.876. The van der Waals surface area contributed by atoms with Crippen LogP contribution >= 0.6 is 0 Å². The monoisotopic (exact) mass is 353 g/mol. The maximum Gasteiger partial charge on any atom is 0.437 e. The Morgan fingerprint density at radius 3 is 2.52 bits per heavy atom. The van der Waals surface area contributed by atoms with Crippen LogP contribution in [0.25, 0.3) is 0 Å². The number of carbonyl (C=O) groups is 2. The van der Waals surface area contributed by atoms with Crippen LogP contribution < -0.4 is 10.6 Å². The Balaban J connectivity index is 2.09. The maximum atomic E-state index is 11.7. The number of amides is 2. The van der Waals surface area contributed by atoms with E-state index in [0.717, 1.165) is 0 Å². The zero-order valence-corrected chi connectivity index (χ0v) is 13.3.